The zero-order valence-electron chi connectivity index (χ0n) is 10.2. The zero-order valence-corrected chi connectivity index (χ0v) is 11.7. The largest absolute Gasteiger partial charge is 0.354 e. The number of hydrogen-bond acceptors (Lipinski definition) is 2. The van der Waals surface area contributed by atoms with Crippen LogP contribution in [0.25, 0.3) is 0 Å². The van der Waals surface area contributed by atoms with Crippen LogP contribution in [0, 0.1) is 5.92 Å². The maximum atomic E-state index is 11.8. The monoisotopic (exact) mass is 300 g/mol. The molecule has 0 atom stereocenters. The summed E-state index contributed by atoms with van der Waals surface area (Å²) >= 11 is 11.8. The Balaban J connectivity index is 1.77. The molecule has 4 nitrogen and oxygen atoms in total. The van der Waals surface area contributed by atoms with Crippen LogP contribution in [0.3, 0.4) is 0 Å². The number of amides is 2. The summed E-state index contributed by atoms with van der Waals surface area (Å²) in [6.07, 6.45) is 1.94. The summed E-state index contributed by atoms with van der Waals surface area (Å²) in [5, 5.41) is 6.03. The van der Waals surface area contributed by atoms with E-state index in [0.717, 1.165) is 12.8 Å². The summed E-state index contributed by atoms with van der Waals surface area (Å²) in [7, 11) is 0. The van der Waals surface area contributed by atoms with E-state index in [1.54, 1.807) is 18.2 Å². The lowest BCUT2D eigenvalue weighted by molar-refractivity contribution is -0.122. The molecule has 102 valence electrons. The number of nitrogens with one attached hydrogen (secondary N) is 2. The van der Waals surface area contributed by atoms with Gasteiger partial charge in [0.15, 0.2) is 0 Å². The maximum absolute atomic E-state index is 11.8. The first kappa shape index (κ1) is 14.2. The van der Waals surface area contributed by atoms with Gasteiger partial charge in [-0.05, 0) is 25.0 Å². The Kier molecular flexibility index (Phi) is 4.66. The molecule has 2 N–H and O–H groups in total. The summed E-state index contributed by atoms with van der Waals surface area (Å²) in [4.78, 5) is 23.2. The Hall–Kier alpha value is -1.26. The van der Waals surface area contributed by atoms with Gasteiger partial charge >= 0.3 is 0 Å². The fourth-order valence-electron chi connectivity index (χ4n) is 1.63. The van der Waals surface area contributed by atoms with E-state index in [1.165, 1.54) is 0 Å². The molecule has 1 aromatic rings. The van der Waals surface area contributed by atoms with Gasteiger partial charge in [0, 0.05) is 19.0 Å². The predicted molar refractivity (Wildman–Crippen MR) is 74.5 cm³/mol. The molecule has 0 unspecified atom stereocenters. The highest BCUT2D eigenvalue weighted by molar-refractivity contribution is 6.43. The third-order valence-corrected chi connectivity index (χ3v) is 3.67. The Bertz CT molecular complexity index is 501. The molecule has 2 rings (SSSR count). The summed E-state index contributed by atoms with van der Waals surface area (Å²) in [6, 6.07) is 4.89. The Morgan fingerprint density at radius 1 is 1.16 bits per heavy atom. The van der Waals surface area contributed by atoms with E-state index in [2.05, 4.69) is 10.6 Å². The Morgan fingerprint density at radius 3 is 2.53 bits per heavy atom. The van der Waals surface area contributed by atoms with Gasteiger partial charge in [0.2, 0.25) is 5.91 Å². The molecule has 0 aromatic heterocycles. The van der Waals surface area contributed by atoms with E-state index < -0.39 is 0 Å². The molecular weight excluding hydrogens is 287 g/mol. The van der Waals surface area contributed by atoms with Crippen molar-refractivity contribution in [1.82, 2.24) is 10.6 Å². The first-order valence-electron chi connectivity index (χ1n) is 6.09. The molecule has 1 aromatic carbocycles. The van der Waals surface area contributed by atoms with Crippen molar-refractivity contribution in [2.45, 2.75) is 12.8 Å². The van der Waals surface area contributed by atoms with Crippen LogP contribution in [0.2, 0.25) is 10.0 Å². The predicted octanol–water partition coefficient (Wildman–Crippen LogP) is 2.25. The summed E-state index contributed by atoms with van der Waals surface area (Å²) in [5.41, 5.74) is 0.336. The van der Waals surface area contributed by atoms with E-state index in [1.807, 2.05) is 0 Å². The van der Waals surface area contributed by atoms with E-state index in [9.17, 15) is 9.59 Å². The van der Waals surface area contributed by atoms with Crippen LogP contribution >= 0.6 is 23.2 Å². The molecule has 0 saturated heterocycles. The fourth-order valence-corrected chi connectivity index (χ4v) is 2.01. The molecule has 0 aliphatic heterocycles. The van der Waals surface area contributed by atoms with E-state index in [0.29, 0.717) is 23.7 Å². The van der Waals surface area contributed by atoms with Crippen LogP contribution in [0.4, 0.5) is 0 Å². The van der Waals surface area contributed by atoms with Gasteiger partial charge in [-0.2, -0.15) is 0 Å². The van der Waals surface area contributed by atoms with E-state index in [-0.39, 0.29) is 22.8 Å². The van der Waals surface area contributed by atoms with Crippen molar-refractivity contribution in [3.63, 3.8) is 0 Å². The number of halogens is 2. The van der Waals surface area contributed by atoms with Crippen molar-refractivity contribution < 1.29 is 9.59 Å². The number of rotatable bonds is 5. The molecule has 1 aliphatic rings. The van der Waals surface area contributed by atoms with Crippen LogP contribution in [0.15, 0.2) is 18.2 Å². The van der Waals surface area contributed by atoms with Gasteiger partial charge in [-0.1, -0.05) is 29.3 Å². The van der Waals surface area contributed by atoms with Crippen molar-refractivity contribution in [1.29, 1.82) is 0 Å². The maximum Gasteiger partial charge on any atom is 0.252 e. The molecule has 0 spiro atoms. The highest BCUT2D eigenvalue weighted by atomic mass is 35.5. The van der Waals surface area contributed by atoms with Crippen molar-refractivity contribution in [3.8, 4) is 0 Å². The second-order valence-corrected chi connectivity index (χ2v) is 5.21. The normalized spacial score (nSPS) is 14.0. The van der Waals surface area contributed by atoms with Crippen LogP contribution < -0.4 is 10.6 Å². The fraction of sp³-hybridized carbons (Fsp3) is 0.385. The molecule has 1 aliphatic carbocycles. The molecule has 19 heavy (non-hydrogen) atoms. The van der Waals surface area contributed by atoms with Crippen LogP contribution in [-0.2, 0) is 4.79 Å². The highest BCUT2D eigenvalue weighted by Crippen LogP contribution is 2.28. The minimum atomic E-state index is -0.298. The molecule has 0 heterocycles. The first-order chi connectivity index (χ1) is 9.09. The minimum absolute atomic E-state index is 0.0648. The lowest BCUT2D eigenvalue weighted by atomic mass is 10.2. The molecule has 2 amide bonds. The molecule has 0 radical (unpaired) electrons. The van der Waals surface area contributed by atoms with Crippen LogP contribution in [0.1, 0.15) is 23.2 Å². The van der Waals surface area contributed by atoms with Crippen LogP contribution in [0.5, 0.6) is 0 Å². The number of carbonyl (C=O) groups excluding carboxylic acids is 2. The van der Waals surface area contributed by atoms with Gasteiger partial charge < -0.3 is 10.6 Å². The topological polar surface area (TPSA) is 58.2 Å². The van der Waals surface area contributed by atoms with Crippen molar-refractivity contribution >= 4 is 35.0 Å². The lowest BCUT2D eigenvalue weighted by Crippen LogP contribution is -2.35. The van der Waals surface area contributed by atoms with Gasteiger partial charge in [0.25, 0.3) is 5.91 Å². The second-order valence-electron chi connectivity index (χ2n) is 4.42. The quantitative estimate of drug-likeness (QED) is 0.820. The van der Waals surface area contributed by atoms with Gasteiger partial charge in [0.05, 0.1) is 15.6 Å². The first-order valence-corrected chi connectivity index (χ1v) is 6.85. The lowest BCUT2D eigenvalue weighted by Gasteiger charge is -2.08. The molecule has 1 saturated carbocycles. The second kappa shape index (κ2) is 6.26. The van der Waals surface area contributed by atoms with E-state index in [4.69, 9.17) is 23.2 Å². The molecule has 6 heteroatoms. The summed E-state index contributed by atoms with van der Waals surface area (Å²) in [6.45, 7) is 0.777. The van der Waals surface area contributed by atoms with E-state index >= 15 is 0 Å². The average Bonchev–Trinajstić information content (AvgIpc) is 3.21. The summed E-state index contributed by atoms with van der Waals surface area (Å²) < 4.78 is 0. The molecule has 1 fully saturated rings. The van der Waals surface area contributed by atoms with Gasteiger partial charge in [-0.15, -0.1) is 0 Å². The molecular formula is C13H14Cl2N2O2. The van der Waals surface area contributed by atoms with Crippen molar-refractivity contribution in [3.05, 3.63) is 33.8 Å². The van der Waals surface area contributed by atoms with Crippen LogP contribution in [-0.4, -0.2) is 24.9 Å². The Morgan fingerprint density at radius 2 is 1.84 bits per heavy atom. The van der Waals surface area contributed by atoms with Crippen molar-refractivity contribution in [2.24, 2.45) is 5.92 Å². The Labute approximate surface area is 121 Å². The number of benzene rings is 1. The van der Waals surface area contributed by atoms with Gasteiger partial charge in [-0.3, -0.25) is 9.59 Å². The zero-order chi connectivity index (χ0) is 13.8. The number of hydrogen-bond donors (Lipinski definition) is 2. The summed E-state index contributed by atoms with van der Waals surface area (Å²) in [5.74, 6) is -0.0544. The third kappa shape index (κ3) is 3.85. The number of carbonyl (C=O) groups is 2. The average molecular weight is 301 g/mol. The van der Waals surface area contributed by atoms with Crippen molar-refractivity contribution in [2.75, 3.05) is 13.1 Å². The van der Waals surface area contributed by atoms with Gasteiger partial charge in [-0.25, -0.2) is 0 Å². The third-order valence-electron chi connectivity index (χ3n) is 2.85. The smallest absolute Gasteiger partial charge is 0.252 e. The minimum Gasteiger partial charge on any atom is -0.354 e. The SMILES string of the molecule is O=C(NCCNC(=O)C1CC1)c1cccc(Cl)c1Cl. The standard InChI is InChI=1S/C13H14Cl2N2O2/c14-10-3-1-2-9(11(10)15)13(19)17-7-6-16-12(18)8-4-5-8/h1-3,8H,4-7H2,(H,16,18)(H,17,19). The highest BCUT2D eigenvalue weighted by Gasteiger charge is 2.29. The van der Waals surface area contributed by atoms with Gasteiger partial charge in [0.1, 0.15) is 0 Å². The molecule has 0 bridgehead atoms.